The lowest BCUT2D eigenvalue weighted by Crippen LogP contribution is -2.47. The van der Waals surface area contributed by atoms with Crippen LogP contribution in [0, 0.1) is 0 Å². The first-order valence-corrected chi connectivity index (χ1v) is 9.26. The van der Waals surface area contributed by atoms with Gasteiger partial charge in [-0.05, 0) is 39.7 Å². The van der Waals surface area contributed by atoms with Crippen LogP contribution in [0.1, 0.15) is 39.7 Å². The van der Waals surface area contributed by atoms with Crippen LogP contribution in [-0.4, -0.2) is 29.4 Å². The van der Waals surface area contributed by atoms with Gasteiger partial charge in [0.05, 0.1) is 12.2 Å². The third kappa shape index (κ3) is 4.40. The number of rotatable bonds is 7. The van der Waals surface area contributed by atoms with E-state index in [9.17, 15) is 4.57 Å². The minimum absolute atomic E-state index is 0.103. The minimum atomic E-state index is -3.10. The summed E-state index contributed by atoms with van der Waals surface area (Å²) in [4.78, 5) is 2.20. The van der Waals surface area contributed by atoms with E-state index in [-0.39, 0.29) is 18.0 Å². The Morgan fingerprint density at radius 3 is 2.14 bits per heavy atom. The van der Waals surface area contributed by atoms with E-state index in [2.05, 4.69) is 17.0 Å². The average molecular weight is 311 g/mol. The lowest BCUT2D eigenvalue weighted by atomic mass is 10.1. The monoisotopic (exact) mass is 311 g/mol. The minimum Gasteiger partial charge on any atom is -0.305 e. The third-order valence-corrected chi connectivity index (χ3v) is 6.15. The molecule has 1 aliphatic heterocycles. The summed E-state index contributed by atoms with van der Waals surface area (Å²) in [5.74, 6) is -0.123. The van der Waals surface area contributed by atoms with Crippen molar-refractivity contribution in [2.75, 3.05) is 6.54 Å². The predicted octanol–water partition coefficient (Wildman–Crippen LogP) is 4.26. The fourth-order valence-electron chi connectivity index (χ4n) is 2.54. The lowest BCUT2D eigenvalue weighted by molar-refractivity contribution is 0.0690. The fraction of sp³-hybridized carbons (Fsp3) is 0.625. The van der Waals surface area contributed by atoms with Gasteiger partial charge in [0, 0.05) is 13.1 Å². The first-order valence-electron chi connectivity index (χ1n) is 7.65. The molecule has 2 rings (SSSR count). The standard InChI is InChI=1S/C16H26NO3P/c1-13(2)19-21(18,20-14(3)4)16-10-11-17(16)12-15-8-6-5-7-9-15/h5-9,13-14,16H,10-12H2,1-4H3. The van der Waals surface area contributed by atoms with Crippen molar-refractivity contribution in [3.05, 3.63) is 35.9 Å². The molecule has 1 aromatic rings. The first-order chi connectivity index (χ1) is 9.90. The molecule has 1 heterocycles. The first kappa shape index (κ1) is 16.7. The average Bonchev–Trinajstić information content (AvgIpc) is 2.33. The Bertz CT molecular complexity index is 476. The van der Waals surface area contributed by atoms with Gasteiger partial charge in [-0.1, -0.05) is 30.3 Å². The van der Waals surface area contributed by atoms with Crippen molar-refractivity contribution in [1.29, 1.82) is 0 Å². The molecule has 118 valence electrons. The summed E-state index contributed by atoms with van der Waals surface area (Å²) in [6, 6.07) is 10.2. The maximum Gasteiger partial charge on any atom is 0.348 e. The van der Waals surface area contributed by atoms with Gasteiger partial charge in [0.25, 0.3) is 0 Å². The van der Waals surface area contributed by atoms with Crippen molar-refractivity contribution in [2.24, 2.45) is 0 Å². The fourth-order valence-corrected chi connectivity index (χ4v) is 5.08. The highest BCUT2D eigenvalue weighted by Gasteiger charge is 2.46. The molecule has 4 nitrogen and oxygen atoms in total. The van der Waals surface area contributed by atoms with Crippen LogP contribution in [0.2, 0.25) is 0 Å². The van der Waals surface area contributed by atoms with Crippen LogP contribution in [0.25, 0.3) is 0 Å². The number of hydrogen-bond donors (Lipinski definition) is 0. The number of nitrogens with zero attached hydrogens (tertiary/aromatic N) is 1. The molecule has 0 saturated carbocycles. The Labute approximate surface area is 128 Å². The van der Waals surface area contributed by atoms with Crippen molar-refractivity contribution < 1.29 is 13.6 Å². The summed E-state index contributed by atoms with van der Waals surface area (Å²) in [5.41, 5.74) is 1.22. The third-order valence-electron chi connectivity index (χ3n) is 3.41. The van der Waals surface area contributed by atoms with Gasteiger partial charge in [-0.3, -0.25) is 9.46 Å². The van der Waals surface area contributed by atoms with Crippen molar-refractivity contribution in [1.82, 2.24) is 4.90 Å². The van der Waals surface area contributed by atoms with Gasteiger partial charge in [0.2, 0.25) is 0 Å². The van der Waals surface area contributed by atoms with Crippen molar-refractivity contribution in [2.45, 2.75) is 58.7 Å². The smallest absolute Gasteiger partial charge is 0.305 e. The zero-order chi connectivity index (χ0) is 15.5. The van der Waals surface area contributed by atoms with Crippen molar-refractivity contribution >= 4 is 7.60 Å². The maximum atomic E-state index is 13.1. The van der Waals surface area contributed by atoms with E-state index >= 15 is 0 Å². The summed E-state index contributed by atoms with van der Waals surface area (Å²) in [5, 5.41) is 0. The molecule has 1 aliphatic rings. The van der Waals surface area contributed by atoms with Gasteiger partial charge >= 0.3 is 7.60 Å². The summed E-state index contributed by atoms with van der Waals surface area (Å²) in [7, 11) is -3.10. The van der Waals surface area contributed by atoms with Gasteiger partial charge in [-0.15, -0.1) is 0 Å². The molecule has 0 aliphatic carbocycles. The van der Waals surface area contributed by atoms with Gasteiger partial charge in [-0.25, -0.2) is 0 Å². The second kappa shape index (κ2) is 7.06. The van der Waals surface area contributed by atoms with E-state index < -0.39 is 7.60 Å². The van der Waals surface area contributed by atoms with Gasteiger partial charge < -0.3 is 9.05 Å². The predicted molar refractivity (Wildman–Crippen MR) is 85.3 cm³/mol. The molecule has 5 heteroatoms. The lowest BCUT2D eigenvalue weighted by Gasteiger charge is -2.44. The Morgan fingerprint density at radius 2 is 1.71 bits per heavy atom. The largest absolute Gasteiger partial charge is 0.348 e. The molecule has 0 N–H and O–H groups in total. The second-order valence-electron chi connectivity index (χ2n) is 6.07. The van der Waals surface area contributed by atoms with E-state index in [0.29, 0.717) is 0 Å². The molecule has 1 saturated heterocycles. The maximum absolute atomic E-state index is 13.1. The molecule has 0 amide bonds. The zero-order valence-corrected chi connectivity index (χ0v) is 14.3. The highest BCUT2D eigenvalue weighted by molar-refractivity contribution is 7.54. The van der Waals surface area contributed by atoms with E-state index in [1.807, 2.05) is 45.9 Å². The Morgan fingerprint density at radius 1 is 1.14 bits per heavy atom. The quantitative estimate of drug-likeness (QED) is 0.705. The number of likely N-dealkylation sites (tertiary alicyclic amines) is 1. The molecular formula is C16H26NO3P. The van der Waals surface area contributed by atoms with Gasteiger partial charge in [0.15, 0.2) is 0 Å². The van der Waals surface area contributed by atoms with E-state index in [4.69, 9.17) is 9.05 Å². The molecule has 21 heavy (non-hydrogen) atoms. The molecule has 0 bridgehead atoms. The van der Waals surface area contributed by atoms with Crippen LogP contribution in [0.4, 0.5) is 0 Å². The zero-order valence-electron chi connectivity index (χ0n) is 13.4. The SMILES string of the molecule is CC(C)OP(=O)(OC(C)C)C1CCN1Cc1ccccc1. The summed E-state index contributed by atoms with van der Waals surface area (Å²) < 4.78 is 24.6. The molecule has 0 spiro atoms. The summed E-state index contributed by atoms with van der Waals surface area (Å²) in [6.07, 6.45) is 0.659. The Balaban J connectivity index is 2.08. The summed E-state index contributed by atoms with van der Waals surface area (Å²) in [6.45, 7) is 9.32. The molecule has 0 aromatic heterocycles. The van der Waals surface area contributed by atoms with Crippen LogP contribution in [0.3, 0.4) is 0 Å². The van der Waals surface area contributed by atoms with Crippen LogP contribution in [-0.2, 0) is 20.2 Å². The van der Waals surface area contributed by atoms with Crippen LogP contribution in [0.15, 0.2) is 30.3 Å². The highest BCUT2D eigenvalue weighted by Crippen LogP contribution is 2.60. The van der Waals surface area contributed by atoms with Gasteiger partial charge in [-0.2, -0.15) is 0 Å². The molecule has 1 atom stereocenters. The topological polar surface area (TPSA) is 38.8 Å². The molecule has 0 radical (unpaired) electrons. The number of hydrogen-bond acceptors (Lipinski definition) is 4. The van der Waals surface area contributed by atoms with E-state index in [1.54, 1.807) is 0 Å². The van der Waals surface area contributed by atoms with E-state index in [1.165, 1.54) is 5.56 Å². The van der Waals surface area contributed by atoms with E-state index in [0.717, 1.165) is 19.5 Å². The molecule has 1 aromatic carbocycles. The van der Waals surface area contributed by atoms with Crippen molar-refractivity contribution in [3.8, 4) is 0 Å². The molecule has 1 unspecified atom stereocenters. The van der Waals surface area contributed by atoms with Gasteiger partial charge in [0.1, 0.15) is 5.78 Å². The normalized spacial score (nSPS) is 20.0. The van der Waals surface area contributed by atoms with Crippen LogP contribution >= 0.6 is 7.60 Å². The van der Waals surface area contributed by atoms with Crippen LogP contribution in [0.5, 0.6) is 0 Å². The van der Waals surface area contributed by atoms with Crippen LogP contribution < -0.4 is 0 Å². The summed E-state index contributed by atoms with van der Waals surface area (Å²) >= 11 is 0. The highest BCUT2D eigenvalue weighted by atomic mass is 31.2. The second-order valence-corrected chi connectivity index (χ2v) is 8.17. The molecule has 1 fully saturated rings. The molecular weight excluding hydrogens is 285 g/mol. The Hall–Kier alpha value is -0.670. The number of benzene rings is 1. The van der Waals surface area contributed by atoms with Crippen molar-refractivity contribution in [3.63, 3.8) is 0 Å². The Kier molecular flexibility index (Phi) is 5.61.